The quantitative estimate of drug-likeness (QED) is 0.377. The molecule has 3 aromatic rings. The molecule has 2 amide bonds. The smallest absolute Gasteiger partial charge is 0.244 e. The molecule has 7 nitrogen and oxygen atoms in total. The van der Waals surface area contributed by atoms with Crippen molar-refractivity contribution in [2.75, 3.05) is 23.7 Å². The fourth-order valence-corrected chi connectivity index (χ4v) is 5.23. The van der Waals surface area contributed by atoms with Crippen LogP contribution in [-0.4, -0.2) is 50.5 Å². The molecule has 0 bridgehead atoms. The Morgan fingerprint density at radius 1 is 0.921 bits per heavy atom. The zero-order chi connectivity index (χ0) is 27.9. The molecule has 0 radical (unpaired) electrons. The lowest BCUT2D eigenvalue weighted by molar-refractivity contribution is -0.140. The molecule has 1 unspecified atom stereocenters. The van der Waals surface area contributed by atoms with E-state index in [1.807, 2.05) is 63.2 Å². The molecule has 0 aliphatic rings. The third-order valence-electron chi connectivity index (χ3n) is 6.32. The number of aryl methyl sites for hydroxylation is 2. The highest BCUT2D eigenvalue weighted by atomic mass is 35.5. The van der Waals surface area contributed by atoms with Crippen molar-refractivity contribution in [3.8, 4) is 0 Å². The fourth-order valence-electron chi connectivity index (χ4n) is 4.17. The van der Waals surface area contributed by atoms with E-state index in [2.05, 4.69) is 5.32 Å². The number of halogens is 1. The van der Waals surface area contributed by atoms with Crippen LogP contribution in [0.15, 0.2) is 72.8 Å². The number of hydrogen-bond donors (Lipinski definition) is 1. The van der Waals surface area contributed by atoms with Crippen LogP contribution in [0.3, 0.4) is 0 Å². The molecule has 0 aliphatic carbocycles. The summed E-state index contributed by atoms with van der Waals surface area (Å²) in [5.41, 5.74) is 3.91. The number of anilines is 1. The number of amides is 2. The Bertz CT molecular complexity index is 1380. The molecule has 1 N–H and O–H groups in total. The normalized spacial score (nSPS) is 12.0. The maximum absolute atomic E-state index is 14.0. The maximum atomic E-state index is 14.0. The fraction of sp³-hybridized carbons (Fsp3) is 0.310. The van der Waals surface area contributed by atoms with Crippen LogP contribution < -0.4 is 9.62 Å². The van der Waals surface area contributed by atoms with Crippen molar-refractivity contribution in [3.05, 3.63) is 100 Å². The number of carbonyl (C=O) groups is 2. The van der Waals surface area contributed by atoms with Gasteiger partial charge in [0.25, 0.3) is 0 Å². The summed E-state index contributed by atoms with van der Waals surface area (Å²) in [5.74, 6) is -0.815. The lowest BCUT2D eigenvalue weighted by atomic mass is 10.0. The summed E-state index contributed by atoms with van der Waals surface area (Å²) in [7, 11) is -3.81. The maximum Gasteiger partial charge on any atom is 0.244 e. The van der Waals surface area contributed by atoms with Crippen LogP contribution in [0.5, 0.6) is 0 Å². The van der Waals surface area contributed by atoms with E-state index in [9.17, 15) is 18.0 Å². The molecule has 202 valence electrons. The Balaban J connectivity index is 2.05. The van der Waals surface area contributed by atoms with Crippen molar-refractivity contribution in [2.24, 2.45) is 0 Å². The number of carbonyl (C=O) groups excluding carboxylic acids is 2. The SMILES string of the molecule is CCNC(=O)C(Cc1ccccc1)N(Cc1cccc(Cl)c1)C(=O)CN(c1ccc(C)c(C)c1)S(C)(=O)=O. The van der Waals surface area contributed by atoms with E-state index >= 15 is 0 Å². The average Bonchev–Trinajstić information content (AvgIpc) is 2.86. The van der Waals surface area contributed by atoms with Crippen LogP contribution in [0.1, 0.15) is 29.2 Å². The summed E-state index contributed by atoms with van der Waals surface area (Å²) in [6.07, 6.45) is 1.34. The minimum absolute atomic E-state index is 0.0819. The Morgan fingerprint density at radius 3 is 2.21 bits per heavy atom. The highest BCUT2D eigenvalue weighted by Gasteiger charge is 2.33. The number of rotatable bonds is 11. The molecule has 3 aromatic carbocycles. The molecular formula is C29H34ClN3O4S. The molecule has 3 rings (SSSR count). The van der Waals surface area contributed by atoms with Crippen LogP contribution in [-0.2, 0) is 32.6 Å². The molecule has 0 aromatic heterocycles. The highest BCUT2D eigenvalue weighted by molar-refractivity contribution is 7.92. The van der Waals surface area contributed by atoms with Gasteiger partial charge in [0, 0.05) is 24.5 Å². The first kappa shape index (κ1) is 29.2. The van der Waals surface area contributed by atoms with Gasteiger partial charge in [0.05, 0.1) is 11.9 Å². The van der Waals surface area contributed by atoms with Gasteiger partial charge in [-0.3, -0.25) is 13.9 Å². The number of likely N-dealkylation sites (N-methyl/N-ethyl adjacent to an activating group) is 1. The second kappa shape index (κ2) is 12.9. The van der Waals surface area contributed by atoms with Crippen molar-refractivity contribution >= 4 is 39.1 Å². The second-order valence-corrected chi connectivity index (χ2v) is 11.6. The summed E-state index contributed by atoms with van der Waals surface area (Å²) in [4.78, 5) is 28.7. The Morgan fingerprint density at radius 2 is 1.61 bits per heavy atom. The van der Waals surface area contributed by atoms with Gasteiger partial charge in [-0.25, -0.2) is 8.42 Å². The molecule has 0 fully saturated rings. The van der Waals surface area contributed by atoms with E-state index in [-0.39, 0.29) is 18.9 Å². The summed E-state index contributed by atoms with van der Waals surface area (Å²) >= 11 is 6.21. The molecule has 0 spiro atoms. The molecule has 0 saturated carbocycles. The second-order valence-electron chi connectivity index (χ2n) is 9.29. The van der Waals surface area contributed by atoms with Crippen LogP contribution >= 0.6 is 11.6 Å². The van der Waals surface area contributed by atoms with E-state index in [0.717, 1.165) is 32.8 Å². The van der Waals surface area contributed by atoms with Gasteiger partial charge in [-0.1, -0.05) is 60.1 Å². The molecule has 0 aliphatic heterocycles. The first-order valence-electron chi connectivity index (χ1n) is 12.4. The van der Waals surface area contributed by atoms with Gasteiger partial charge in [-0.15, -0.1) is 0 Å². The summed E-state index contributed by atoms with van der Waals surface area (Å²) in [6.45, 7) is 5.65. The standard InChI is InChI=1S/C29H34ClN3O4S/c1-5-31-29(35)27(18-23-10-7-6-8-11-23)32(19-24-12-9-13-25(30)17-24)28(34)20-33(38(4,36)37)26-15-14-21(2)22(3)16-26/h6-17,27H,5,18-20H2,1-4H3,(H,31,35). The minimum Gasteiger partial charge on any atom is -0.355 e. The van der Waals surface area contributed by atoms with Gasteiger partial charge >= 0.3 is 0 Å². The van der Waals surface area contributed by atoms with Gasteiger partial charge < -0.3 is 10.2 Å². The number of sulfonamides is 1. The van der Waals surface area contributed by atoms with Gasteiger partial charge in [0.1, 0.15) is 12.6 Å². The van der Waals surface area contributed by atoms with Crippen LogP contribution in [0.4, 0.5) is 5.69 Å². The van der Waals surface area contributed by atoms with Gasteiger partial charge in [0.15, 0.2) is 0 Å². The average molecular weight is 556 g/mol. The zero-order valence-corrected chi connectivity index (χ0v) is 23.7. The molecule has 38 heavy (non-hydrogen) atoms. The van der Waals surface area contributed by atoms with E-state index in [4.69, 9.17) is 11.6 Å². The van der Waals surface area contributed by atoms with Crippen molar-refractivity contribution in [1.29, 1.82) is 0 Å². The predicted octanol–water partition coefficient (Wildman–Crippen LogP) is 4.50. The minimum atomic E-state index is -3.81. The monoisotopic (exact) mass is 555 g/mol. The number of hydrogen-bond acceptors (Lipinski definition) is 4. The Hall–Kier alpha value is -3.36. The van der Waals surface area contributed by atoms with Gasteiger partial charge in [-0.05, 0) is 67.3 Å². The molecule has 0 heterocycles. The predicted molar refractivity (Wildman–Crippen MR) is 153 cm³/mol. The third kappa shape index (κ3) is 7.82. The van der Waals surface area contributed by atoms with Crippen molar-refractivity contribution in [1.82, 2.24) is 10.2 Å². The largest absolute Gasteiger partial charge is 0.355 e. The summed E-state index contributed by atoms with van der Waals surface area (Å²) in [5, 5.41) is 3.34. The topological polar surface area (TPSA) is 86.8 Å². The van der Waals surface area contributed by atoms with Crippen LogP contribution in [0.25, 0.3) is 0 Å². The summed E-state index contributed by atoms with van der Waals surface area (Å²) < 4.78 is 26.8. The van der Waals surface area contributed by atoms with E-state index in [1.165, 1.54) is 4.90 Å². The lowest BCUT2D eigenvalue weighted by Gasteiger charge is -2.33. The third-order valence-corrected chi connectivity index (χ3v) is 7.70. The van der Waals surface area contributed by atoms with Gasteiger partial charge in [0.2, 0.25) is 21.8 Å². The first-order chi connectivity index (χ1) is 18.0. The Kier molecular flexibility index (Phi) is 9.94. The molecular weight excluding hydrogens is 522 g/mol. The van der Waals surface area contributed by atoms with Crippen molar-refractivity contribution in [2.45, 2.75) is 39.8 Å². The van der Waals surface area contributed by atoms with Crippen LogP contribution in [0.2, 0.25) is 5.02 Å². The lowest BCUT2D eigenvalue weighted by Crippen LogP contribution is -2.53. The first-order valence-corrected chi connectivity index (χ1v) is 14.6. The molecule has 9 heteroatoms. The zero-order valence-electron chi connectivity index (χ0n) is 22.1. The van der Waals surface area contributed by atoms with Crippen molar-refractivity contribution in [3.63, 3.8) is 0 Å². The van der Waals surface area contributed by atoms with Gasteiger partial charge in [-0.2, -0.15) is 0 Å². The van der Waals surface area contributed by atoms with E-state index in [1.54, 1.807) is 30.3 Å². The van der Waals surface area contributed by atoms with E-state index < -0.39 is 28.5 Å². The van der Waals surface area contributed by atoms with Crippen LogP contribution in [0, 0.1) is 13.8 Å². The summed E-state index contributed by atoms with van der Waals surface area (Å²) in [6, 6.07) is 20.9. The molecule has 1 atom stereocenters. The number of benzene rings is 3. The number of nitrogens with zero attached hydrogens (tertiary/aromatic N) is 2. The highest BCUT2D eigenvalue weighted by Crippen LogP contribution is 2.23. The Labute approximate surface area is 230 Å². The van der Waals surface area contributed by atoms with E-state index in [0.29, 0.717) is 17.3 Å². The van der Waals surface area contributed by atoms with Crippen molar-refractivity contribution < 1.29 is 18.0 Å². The molecule has 0 saturated heterocycles. The number of nitrogens with one attached hydrogen (secondary N) is 1.